The van der Waals surface area contributed by atoms with Crippen molar-refractivity contribution in [3.63, 3.8) is 0 Å². The van der Waals surface area contributed by atoms with Gasteiger partial charge in [0.05, 0.1) is 6.61 Å². The third kappa shape index (κ3) is 10.8. The summed E-state index contributed by atoms with van der Waals surface area (Å²) in [5, 5.41) is 0.596. The minimum atomic E-state index is -4.74. The average molecular weight is 308 g/mol. The number of phosphoric ester groups is 2. The highest BCUT2D eigenvalue weighted by molar-refractivity contribution is 7.46. The first-order valence-electron chi connectivity index (χ1n) is 4.46. The number of phosphoric acid groups is 2. The second-order valence-corrected chi connectivity index (χ2v) is 5.51. The summed E-state index contributed by atoms with van der Waals surface area (Å²) < 4.78 is 28.6. The zero-order valence-electron chi connectivity index (χ0n) is 9.08. The molecule has 0 saturated heterocycles. The molecule has 0 spiro atoms. The molecule has 0 aliphatic rings. The molecule has 11 nitrogen and oxygen atoms in total. The molecule has 0 rings (SSSR count). The van der Waals surface area contributed by atoms with E-state index in [0.717, 1.165) is 0 Å². The van der Waals surface area contributed by atoms with Gasteiger partial charge in [0.15, 0.2) is 0 Å². The lowest BCUT2D eigenvalue weighted by Crippen LogP contribution is -2.40. The van der Waals surface area contributed by atoms with Crippen LogP contribution in [0.3, 0.4) is 0 Å². The molecule has 0 radical (unpaired) electrons. The van der Waals surface area contributed by atoms with Crippen LogP contribution < -0.4 is 5.84 Å². The van der Waals surface area contributed by atoms with Crippen LogP contribution in [0.4, 0.5) is 0 Å². The topological polar surface area (TPSA) is 180 Å². The first-order valence-corrected chi connectivity index (χ1v) is 7.52. The van der Waals surface area contributed by atoms with Crippen molar-refractivity contribution >= 4 is 21.6 Å². The van der Waals surface area contributed by atoms with E-state index in [1.54, 1.807) is 0 Å². The average Bonchev–Trinajstić information content (AvgIpc) is 2.18. The van der Waals surface area contributed by atoms with Gasteiger partial charge in [0, 0.05) is 6.54 Å². The Labute approximate surface area is 102 Å². The second-order valence-electron chi connectivity index (χ2n) is 3.03. The summed E-state index contributed by atoms with van der Waals surface area (Å²) in [6.07, 6.45) is 0.0310. The molecule has 6 N–H and O–H groups in total. The minimum Gasteiger partial charge on any atom is -0.303 e. The van der Waals surface area contributed by atoms with E-state index < -0.39 is 28.2 Å². The quantitative estimate of drug-likeness (QED) is 0.114. The van der Waals surface area contributed by atoms with Crippen LogP contribution in [0, 0.1) is 0 Å². The summed E-state index contributed by atoms with van der Waals surface area (Å²) in [6.45, 7) is -1.35. The SMILES string of the molecule is NN(CCCOP(=O)(O)O)C(=O)COP(=O)(O)O. The van der Waals surface area contributed by atoms with Crippen molar-refractivity contribution in [2.75, 3.05) is 19.8 Å². The van der Waals surface area contributed by atoms with Crippen LogP contribution in [-0.4, -0.2) is 50.2 Å². The molecule has 13 heteroatoms. The number of carbonyl (C=O) groups is 1. The van der Waals surface area contributed by atoms with Crippen molar-refractivity contribution < 1.29 is 42.5 Å². The van der Waals surface area contributed by atoms with E-state index in [1.165, 1.54) is 0 Å². The smallest absolute Gasteiger partial charge is 0.303 e. The molecule has 0 aliphatic carbocycles. The normalized spacial score (nSPS) is 12.5. The van der Waals surface area contributed by atoms with E-state index in [1.807, 2.05) is 0 Å². The summed E-state index contributed by atoms with van der Waals surface area (Å²) in [7, 11) is -9.30. The van der Waals surface area contributed by atoms with E-state index in [2.05, 4.69) is 9.05 Å². The van der Waals surface area contributed by atoms with E-state index in [4.69, 9.17) is 25.4 Å². The standard InChI is InChI=1S/C5H14N2O9P2/c6-7(2-1-3-15-17(9,10)11)5(8)4-16-18(12,13)14/h1-4,6H2,(H2,9,10,11)(H2,12,13,14). The number of rotatable bonds is 8. The number of hydrazine groups is 1. The number of hydrogen-bond acceptors (Lipinski definition) is 6. The molecule has 0 atom stereocenters. The number of carbonyl (C=O) groups excluding carboxylic acids is 1. The first-order chi connectivity index (χ1) is 8.01. The van der Waals surface area contributed by atoms with Gasteiger partial charge in [0.25, 0.3) is 5.91 Å². The van der Waals surface area contributed by atoms with Crippen molar-refractivity contribution in [1.29, 1.82) is 0 Å². The number of amides is 1. The highest BCUT2D eigenvalue weighted by Gasteiger charge is 2.19. The van der Waals surface area contributed by atoms with Gasteiger partial charge in [-0.25, -0.2) is 15.0 Å². The lowest BCUT2D eigenvalue weighted by atomic mass is 10.4. The van der Waals surface area contributed by atoms with Crippen LogP contribution in [0.25, 0.3) is 0 Å². The molecule has 108 valence electrons. The molecule has 0 aromatic heterocycles. The molecule has 0 bridgehead atoms. The summed E-state index contributed by atoms with van der Waals surface area (Å²) in [6, 6.07) is 0. The zero-order chi connectivity index (χ0) is 14.4. The Hall–Kier alpha value is -0.350. The van der Waals surface area contributed by atoms with Crippen LogP contribution in [0.2, 0.25) is 0 Å². The van der Waals surface area contributed by atoms with Crippen molar-refractivity contribution in [2.24, 2.45) is 5.84 Å². The minimum absolute atomic E-state index is 0.0310. The van der Waals surface area contributed by atoms with Gasteiger partial charge >= 0.3 is 15.6 Å². The highest BCUT2D eigenvalue weighted by atomic mass is 31.2. The molecule has 18 heavy (non-hydrogen) atoms. The lowest BCUT2D eigenvalue weighted by Gasteiger charge is -2.16. The van der Waals surface area contributed by atoms with Crippen LogP contribution in [-0.2, 0) is 23.0 Å². The van der Waals surface area contributed by atoms with Gasteiger partial charge in [0.2, 0.25) is 0 Å². The Morgan fingerprint density at radius 2 is 1.61 bits per heavy atom. The molecule has 0 heterocycles. The Balaban J connectivity index is 3.82. The van der Waals surface area contributed by atoms with E-state index in [9.17, 15) is 13.9 Å². The maximum Gasteiger partial charge on any atom is 0.470 e. The van der Waals surface area contributed by atoms with Crippen molar-refractivity contribution in [3.05, 3.63) is 0 Å². The highest BCUT2D eigenvalue weighted by Crippen LogP contribution is 2.36. The van der Waals surface area contributed by atoms with Crippen molar-refractivity contribution in [1.82, 2.24) is 5.01 Å². The second kappa shape index (κ2) is 7.29. The number of nitrogens with two attached hydrogens (primary N) is 1. The van der Waals surface area contributed by atoms with Crippen LogP contribution in [0.15, 0.2) is 0 Å². The van der Waals surface area contributed by atoms with Gasteiger partial charge in [-0.2, -0.15) is 0 Å². The molecule has 0 aromatic carbocycles. The third-order valence-corrected chi connectivity index (χ3v) is 2.46. The predicted molar refractivity (Wildman–Crippen MR) is 56.5 cm³/mol. The predicted octanol–water partition coefficient (Wildman–Crippen LogP) is -1.70. The summed E-state index contributed by atoms with van der Waals surface area (Å²) in [4.78, 5) is 44.4. The molecule has 0 fully saturated rings. The maximum absolute atomic E-state index is 11.1. The van der Waals surface area contributed by atoms with Crippen LogP contribution in [0.5, 0.6) is 0 Å². The Bertz CT molecular complexity index is 362. The number of nitrogens with zero attached hydrogens (tertiary/aromatic N) is 1. The molecule has 0 unspecified atom stereocenters. The van der Waals surface area contributed by atoms with Gasteiger partial charge in [-0.05, 0) is 6.42 Å². The molecular formula is C5H14N2O9P2. The van der Waals surface area contributed by atoms with E-state index >= 15 is 0 Å². The van der Waals surface area contributed by atoms with Crippen LogP contribution in [0.1, 0.15) is 6.42 Å². The van der Waals surface area contributed by atoms with Crippen molar-refractivity contribution in [3.8, 4) is 0 Å². The van der Waals surface area contributed by atoms with Gasteiger partial charge < -0.3 is 19.6 Å². The molecule has 0 aliphatic heterocycles. The van der Waals surface area contributed by atoms with Gasteiger partial charge in [-0.1, -0.05) is 0 Å². The van der Waals surface area contributed by atoms with E-state index in [-0.39, 0.29) is 19.6 Å². The molecular weight excluding hydrogens is 294 g/mol. The summed E-state index contributed by atoms with van der Waals surface area (Å²) in [5.74, 6) is 4.30. The number of hydrogen-bond donors (Lipinski definition) is 5. The Morgan fingerprint density at radius 1 is 1.11 bits per heavy atom. The Morgan fingerprint density at radius 3 is 2.06 bits per heavy atom. The molecule has 0 aromatic rings. The monoisotopic (exact) mass is 308 g/mol. The summed E-state index contributed by atoms with van der Waals surface area (Å²) >= 11 is 0. The largest absolute Gasteiger partial charge is 0.470 e. The molecule has 0 saturated carbocycles. The van der Waals surface area contributed by atoms with Crippen LogP contribution >= 0.6 is 15.6 Å². The first kappa shape index (κ1) is 17.6. The van der Waals surface area contributed by atoms with Crippen molar-refractivity contribution in [2.45, 2.75) is 6.42 Å². The van der Waals surface area contributed by atoms with Gasteiger partial charge in [0.1, 0.15) is 6.61 Å². The lowest BCUT2D eigenvalue weighted by molar-refractivity contribution is -0.134. The zero-order valence-corrected chi connectivity index (χ0v) is 10.9. The molecule has 1 amide bonds. The fourth-order valence-electron chi connectivity index (χ4n) is 0.765. The fourth-order valence-corrected chi connectivity index (χ4v) is 1.41. The van der Waals surface area contributed by atoms with E-state index in [0.29, 0.717) is 5.01 Å². The maximum atomic E-state index is 11.1. The Kier molecular flexibility index (Phi) is 7.15. The summed E-state index contributed by atoms with van der Waals surface area (Å²) in [5.41, 5.74) is 0. The van der Waals surface area contributed by atoms with Gasteiger partial charge in [-0.3, -0.25) is 18.9 Å². The fraction of sp³-hybridized carbons (Fsp3) is 0.800. The van der Waals surface area contributed by atoms with Gasteiger partial charge in [-0.15, -0.1) is 0 Å². The third-order valence-electron chi connectivity index (χ3n) is 1.48.